The lowest BCUT2D eigenvalue weighted by Gasteiger charge is -2.38. The van der Waals surface area contributed by atoms with E-state index in [-0.39, 0.29) is 24.4 Å². The summed E-state index contributed by atoms with van der Waals surface area (Å²) in [5.41, 5.74) is 0.847. The van der Waals surface area contributed by atoms with Crippen molar-refractivity contribution >= 4 is 20.3 Å². The van der Waals surface area contributed by atoms with Crippen LogP contribution in [-0.4, -0.2) is 39.6 Å². The van der Waals surface area contributed by atoms with Gasteiger partial charge in [-0.15, -0.1) is 0 Å². The average Bonchev–Trinajstić information content (AvgIpc) is 2.64. The molecule has 0 amide bonds. The lowest BCUT2D eigenvalue weighted by Crippen LogP contribution is -2.43. The summed E-state index contributed by atoms with van der Waals surface area (Å²) in [6.45, 7) is 16.8. The highest BCUT2D eigenvalue weighted by Gasteiger charge is 2.39. The van der Waals surface area contributed by atoms with Crippen LogP contribution >= 0.6 is 0 Å². The van der Waals surface area contributed by atoms with Gasteiger partial charge in [0.25, 0.3) is 0 Å². The number of allylic oxidation sites excluding steroid dienone is 1. The summed E-state index contributed by atoms with van der Waals surface area (Å²) in [5, 5.41) is 0.0896. The van der Waals surface area contributed by atoms with Crippen LogP contribution in [0.15, 0.2) is 42.5 Å². The summed E-state index contributed by atoms with van der Waals surface area (Å²) in [4.78, 5) is 25.4. The molecule has 1 rings (SSSR count). The second kappa shape index (κ2) is 11.5. The van der Waals surface area contributed by atoms with Crippen molar-refractivity contribution in [3.63, 3.8) is 0 Å². The van der Waals surface area contributed by atoms with E-state index in [2.05, 4.69) is 33.9 Å². The number of esters is 2. The zero-order valence-corrected chi connectivity index (χ0v) is 20.7. The first-order chi connectivity index (χ1) is 13.9. The van der Waals surface area contributed by atoms with Crippen LogP contribution in [0.5, 0.6) is 0 Å². The van der Waals surface area contributed by atoms with Gasteiger partial charge in [-0.2, -0.15) is 0 Å². The fourth-order valence-corrected chi connectivity index (χ4v) is 4.26. The van der Waals surface area contributed by atoms with Crippen molar-refractivity contribution in [3.8, 4) is 0 Å². The number of ether oxygens (including phenoxy) is 2. The molecule has 0 unspecified atom stereocenters. The summed E-state index contributed by atoms with van der Waals surface area (Å²) in [6.07, 6.45) is 3.66. The van der Waals surface area contributed by atoms with E-state index in [0.29, 0.717) is 0 Å². The molecule has 5 nitrogen and oxygen atoms in total. The van der Waals surface area contributed by atoms with Gasteiger partial charge in [0, 0.05) is 5.92 Å². The van der Waals surface area contributed by atoms with Gasteiger partial charge in [0.1, 0.15) is 0 Å². The van der Waals surface area contributed by atoms with Gasteiger partial charge in [-0.05, 0) is 44.5 Å². The fraction of sp³-hybridized carbons (Fsp3) is 0.583. The zero-order chi connectivity index (χ0) is 22.9. The van der Waals surface area contributed by atoms with Gasteiger partial charge in [0.15, 0.2) is 14.2 Å². The molecule has 0 saturated carbocycles. The molecular formula is C24H38O5Si. The maximum Gasteiger partial charge on any atom is 0.321 e. The lowest BCUT2D eigenvalue weighted by atomic mass is 9.85. The Morgan fingerprint density at radius 3 is 1.90 bits per heavy atom. The van der Waals surface area contributed by atoms with E-state index >= 15 is 0 Å². The number of rotatable bonds is 10. The van der Waals surface area contributed by atoms with E-state index in [0.717, 1.165) is 5.56 Å². The zero-order valence-electron chi connectivity index (χ0n) is 19.7. The third kappa shape index (κ3) is 7.40. The molecule has 0 aliphatic carbocycles. The minimum atomic E-state index is -1.95. The first-order valence-electron chi connectivity index (χ1n) is 10.7. The van der Waals surface area contributed by atoms with Crippen LogP contribution in [0.2, 0.25) is 18.1 Å². The number of benzene rings is 1. The quantitative estimate of drug-likeness (QED) is 0.211. The molecule has 0 aromatic heterocycles. The minimum absolute atomic E-state index is 0.0896. The van der Waals surface area contributed by atoms with Gasteiger partial charge in [0.05, 0.1) is 19.3 Å². The molecule has 0 aliphatic rings. The van der Waals surface area contributed by atoms with Crippen molar-refractivity contribution in [2.45, 2.75) is 71.7 Å². The monoisotopic (exact) mass is 434 g/mol. The first kappa shape index (κ1) is 26.1. The smallest absolute Gasteiger partial charge is 0.321 e. The van der Waals surface area contributed by atoms with Crippen molar-refractivity contribution in [3.05, 3.63) is 48.0 Å². The Bertz CT molecular complexity index is 688. The predicted molar refractivity (Wildman–Crippen MR) is 123 cm³/mol. The molecule has 168 valence electrons. The Morgan fingerprint density at radius 1 is 0.967 bits per heavy atom. The molecule has 0 radical (unpaired) electrons. The van der Waals surface area contributed by atoms with Crippen molar-refractivity contribution in [1.29, 1.82) is 0 Å². The van der Waals surface area contributed by atoms with Gasteiger partial charge >= 0.3 is 11.9 Å². The molecule has 0 saturated heterocycles. The number of carbonyl (C=O) groups excluding carboxylic acids is 2. The van der Waals surface area contributed by atoms with Crippen LogP contribution in [0.4, 0.5) is 0 Å². The second-order valence-corrected chi connectivity index (χ2v) is 13.6. The molecule has 1 aromatic carbocycles. The van der Waals surface area contributed by atoms with Crippen molar-refractivity contribution in [2.75, 3.05) is 13.2 Å². The summed E-state index contributed by atoms with van der Waals surface area (Å²) in [5.74, 6) is -2.72. The number of hydrogen-bond donors (Lipinski definition) is 0. The molecule has 30 heavy (non-hydrogen) atoms. The highest BCUT2D eigenvalue weighted by atomic mass is 28.4. The van der Waals surface area contributed by atoms with E-state index in [1.165, 1.54) is 0 Å². The molecule has 0 N–H and O–H groups in total. The minimum Gasteiger partial charge on any atom is -0.465 e. The molecule has 0 fully saturated rings. The molecule has 0 aliphatic heterocycles. The van der Waals surface area contributed by atoms with E-state index in [4.69, 9.17) is 13.9 Å². The van der Waals surface area contributed by atoms with Crippen molar-refractivity contribution < 1.29 is 23.5 Å². The topological polar surface area (TPSA) is 61.8 Å². The molecule has 0 bridgehead atoms. The van der Waals surface area contributed by atoms with Gasteiger partial charge in [0.2, 0.25) is 0 Å². The number of hydrogen-bond acceptors (Lipinski definition) is 5. The third-order valence-corrected chi connectivity index (χ3v) is 10.1. The van der Waals surface area contributed by atoms with Crippen LogP contribution in [0.3, 0.4) is 0 Å². The molecule has 0 heterocycles. The lowest BCUT2D eigenvalue weighted by molar-refractivity contribution is -0.162. The largest absolute Gasteiger partial charge is 0.465 e. The third-order valence-electron chi connectivity index (χ3n) is 5.50. The standard InChI is InChI=1S/C24H38O5Si/c1-9-27-22(25)21(23(26)28-10-2)20(19-14-12-11-13-15-19)17-16-18(3)29-30(7,8)24(4,5)6/h11-18,20-21H,9-10H2,1-8H3/b17-16+/t18-,20-/m0/s1. The molecule has 6 heteroatoms. The van der Waals surface area contributed by atoms with E-state index < -0.39 is 32.1 Å². The predicted octanol–water partition coefficient (Wildman–Crippen LogP) is 5.48. The highest BCUT2D eigenvalue weighted by molar-refractivity contribution is 6.74. The Hall–Kier alpha value is -1.92. The Kier molecular flexibility index (Phi) is 9.98. The van der Waals surface area contributed by atoms with Crippen LogP contribution in [0, 0.1) is 5.92 Å². The SMILES string of the molecule is CCOC(=O)C(C(=O)OCC)[C@@H](/C=C/[C@H](C)O[Si](C)(C)C(C)(C)C)c1ccccc1. The van der Waals surface area contributed by atoms with Gasteiger partial charge in [-0.1, -0.05) is 63.3 Å². The van der Waals surface area contributed by atoms with Crippen molar-refractivity contribution in [1.82, 2.24) is 0 Å². The molecular weight excluding hydrogens is 396 g/mol. The number of carbonyl (C=O) groups is 2. The van der Waals surface area contributed by atoms with E-state index in [1.54, 1.807) is 13.8 Å². The molecule has 0 spiro atoms. The Morgan fingerprint density at radius 2 is 1.47 bits per heavy atom. The fourth-order valence-electron chi connectivity index (χ4n) is 2.90. The van der Waals surface area contributed by atoms with E-state index in [9.17, 15) is 9.59 Å². The average molecular weight is 435 g/mol. The maximum absolute atomic E-state index is 12.7. The molecule has 2 atom stereocenters. The Balaban J connectivity index is 3.26. The van der Waals surface area contributed by atoms with Gasteiger partial charge < -0.3 is 13.9 Å². The molecule has 1 aromatic rings. The van der Waals surface area contributed by atoms with Crippen LogP contribution < -0.4 is 0 Å². The maximum atomic E-state index is 12.7. The van der Waals surface area contributed by atoms with Gasteiger partial charge in [-0.25, -0.2) is 0 Å². The van der Waals surface area contributed by atoms with Crippen LogP contribution in [-0.2, 0) is 23.5 Å². The summed E-state index contributed by atoms with van der Waals surface area (Å²) < 4.78 is 16.8. The Labute approximate surface area is 182 Å². The highest BCUT2D eigenvalue weighted by Crippen LogP contribution is 2.37. The summed E-state index contributed by atoms with van der Waals surface area (Å²) in [7, 11) is -1.95. The van der Waals surface area contributed by atoms with E-state index in [1.807, 2.05) is 49.4 Å². The summed E-state index contributed by atoms with van der Waals surface area (Å²) >= 11 is 0. The summed E-state index contributed by atoms with van der Waals surface area (Å²) in [6, 6.07) is 9.48. The van der Waals surface area contributed by atoms with Gasteiger partial charge in [-0.3, -0.25) is 9.59 Å². The first-order valence-corrected chi connectivity index (χ1v) is 13.6. The second-order valence-electron chi connectivity index (χ2n) is 8.89. The van der Waals surface area contributed by atoms with Crippen LogP contribution in [0.1, 0.15) is 53.0 Å². The van der Waals surface area contributed by atoms with Crippen molar-refractivity contribution in [2.24, 2.45) is 5.92 Å². The van der Waals surface area contributed by atoms with Crippen LogP contribution in [0.25, 0.3) is 0 Å². The normalized spacial score (nSPS) is 14.6.